The third-order valence-electron chi connectivity index (χ3n) is 5.51. The van der Waals surface area contributed by atoms with Crippen LogP contribution in [0.5, 0.6) is 5.75 Å². The molecule has 0 bridgehead atoms. The Morgan fingerprint density at radius 3 is 2.21 bits per heavy atom. The SMILES string of the molecule is CCC(C(=O)NC(C)(C)C)N(Cc1cccc(OC)c1)C(=O)CN(c1cccc(C(F)(F)F)c1)S(C)(=O)=O. The van der Waals surface area contributed by atoms with E-state index < -0.39 is 51.7 Å². The smallest absolute Gasteiger partial charge is 0.416 e. The van der Waals surface area contributed by atoms with E-state index in [2.05, 4.69) is 5.32 Å². The number of halogens is 3. The van der Waals surface area contributed by atoms with Crippen molar-refractivity contribution in [2.24, 2.45) is 0 Å². The molecular weight excluding hydrogens is 523 g/mol. The first-order valence-electron chi connectivity index (χ1n) is 11.9. The number of methoxy groups -OCH3 is 1. The molecule has 12 heteroatoms. The van der Waals surface area contributed by atoms with Gasteiger partial charge in [-0.15, -0.1) is 0 Å². The second-order valence-corrected chi connectivity index (χ2v) is 11.8. The van der Waals surface area contributed by atoms with Gasteiger partial charge in [-0.2, -0.15) is 13.2 Å². The highest BCUT2D eigenvalue weighted by atomic mass is 32.2. The Hall–Kier alpha value is -3.28. The largest absolute Gasteiger partial charge is 0.497 e. The zero-order valence-corrected chi connectivity index (χ0v) is 23.1. The molecule has 0 aromatic heterocycles. The lowest BCUT2D eigenvalue weighted by Crippen LogP contribution is -2.55. The number of carbonyl (C=O) groups excluding carboxylic acids is 2. The first-order chi connectivity index (χ1) is 17.5. The Labute approximate surface area is 221 Å². The fraction of sp³-hybridized carbons (Fsp3) is 0.462. The number of rotatable bonds is 10. The van der Waals surface area contributed by atoms with Crippen LogP contribution in [-0.4, -0.2) is 56.6 Å². The number of amides is 2. The Balaban J connectivity index is 2.53. The lowest BCUT2D eigenvalue weighted by Gasteiger charge is -2.34. The highest BCUT2D eigenvalue weighted by Gasteiger charge is 2.35. The summed E-state index contributed by atoms with van der Waals surface area (Å²) in [5, 5.41) is 2.84. The number of anilines is 1. The van der Waals surface area contributed by atoms with Crippen LogP contribution in [0.2, 0.25) is 0 Å². The molecule has 2 amide bonds. The molecule has 0 saturated heterocycles. The molecule has 1 N–H and O–H groups in total. The number of hydrogen-bond acceptors (Lipinski definition) is 5. The topological polar surface area (TPSA) is 96.0 Å². The molecule has 0 aliphatic carbocycles. The van der Waals surface area contributed by atoms with Crippen LogP contribution in [-0.2, 0) is 32.3 Å². The Bertz CT molecular complexity index is 1240. The number of hydrogen-bond donors (Lipinski definition) is 1. The lowest BCUT2D eigenvalue weighted by atomic mass is 10.1. The molecule has 8 nitrogen and oxygen atoms in total. The van der Waals surface area contributed by atoms with E-state index in [0.717, 1.165) is 18.4 Å². The Morgan fingerprint density at radius 1 is 1.05 bits per heavy atom. The van der Waals surface area contributed by atoms with Crippen molar-refractivity contribution in [3.05, 3.63) is 59.7 Å². The van der Waals surface area contributed by atoms with Crippen LogP contribution in [0.4, 0.5) is 18.9 Å². The quantitative estimate of drug-likeness (QED) is 0.473. The number of carbonyl (C=O) groups is 2. The zero-order chi connectivity index (χ0) is 28.9. The molecule has 38 heavy (non-hydrogen) atoms. The van der Waals surface area contributed by atoms with E-state index in [-0.39, 0.29) is 18.7 Å². The van der Waals surface area contributed by atoms with Gasteiger partial charge in [-0.05, 0) is 63.1 Å². The first-order valence-corrected chi connectivity index (χ1v) is 13.7. The van der Waals surface area contributed by atoms with Crippen LogP contribution in [0.15, 0.2) is 48.5 Å². The summed E-state index contributed by atoms with van der Waals surface area (Å²) in [6.45, 7) is 6.19. The van der Waals surface area contributed by atoms with Crippen molar-refractivity contribution in [2.75, 3.05) is 24.2 Å². The molecule has 0 aliphatic heterocycles. The minimum Gasteiger partial charge on any atom is -0.497 e. The summed E-state index contributed by atoms with van der Waals surface area (Å²) in [7, 11) is -2.70. The summed E-state index contributed by atoms with van der Waals surface area (Å²) in [6, 6.07) is 9.57. The van der Waals surface area contributed by atoms with E-state index >= 15 is 0 Å². The van der Waals surface area contributed by atoms with Crippen LogP contribution in [0.3, 0.4) is 0 Å². The number of benzene rings is 2. The van der Waals surface area contributed by atoms with Crippen molar-refractivity contribution in [1.29, 1.82) is 0 Å². The fourth-order valence-electron chi connectivity index (χ4n) is 3.79. The maximum atomic E-state index is 13.7. The van der Waals surface area contributed by atoms with Gasteiger partial charge < -0.3 is 15.0 Å². The normalized spacial score (nSPS) is 13.0. The summed E-state index contributed by atoms with van der Waals surface area (Å²) in [5.41, 5.74) is -1.36. The van der Waals surface area contributed by atoms with Gasteiger partial charge in [0, 0.05) is 12.1 Å². The van der Waals surface area contributed by atoms with Gasteiger partial charge in [-0.1, -0.05) is 25.1 Å². The van der Waals surface area contributed by atoms with Gasteiger partial charge in [0.05, 0.1) is 24.6 Å². The van der Waals surface area contributed by atoms with E-state index in [1.165, 1.54) is 18.1 Å². The van der Waals surface area contributed by atoms with Gasteiger partial charge in [0.15, 0.2) is 0 Å². The van der Waals surface area contributed by atoms with Gasteiger partial charge >= 0.3 is 6.18 Å². The van der Waals surface area contributed by atoms with Gasteiger partial charge in [-0.3, -0.25) is 13.9 Å². The van der Waals surface area contributed by atoms with E-state index in [4.69, 9.17) is 4.74 Å². The molecule has 2 aromatic carbocycles. The average Bonchev–Trinajstić information content (AvgIpc) is 2.80. The van der Waals surface area contributed by atoms with Crippen molar-refractivity contribution >= 4 is 27.5 Å². The second-order valence-electron chi connectivity index (χ2n) is 9.85. The molecule has 0 aliphatic rings. The molecule has 2 rings (SSSR count). The number of alkyl halides is 3. The van der Waals surface area contributed by atoms with Crippen molar-refractivity contribution in [3.63, 3.8) is 0 Å². The summed E-state index contributed by atoms with van der Waals surface area (Å²) in [5.74, 6) is -0.684. The third kappa shape index (κ3) is 8.64. The highest BCUT2D eigenvalue weighted by molar-refractivity contribution is 7.92. The van der Waals surface area contributed by atoms with Crippen LogP contribution in [0, 0.1) is 0 Å². The van der Waals surface area contributed by atoms with E-state index in [9.17, 15) is 31.2 Å². The molecule has 0 heterocycles. The van der Waals surface area contributed by atoms with E-state index in [0.29, 0.717) is 21.7 Å². The van der Waals surface area contributed by atoms with Crippen molar-refractivity contribution in [3.8, 4) is 5.75 Å². The molecule has 0 saturated carbocycles. The van der Waals surface area contributed by atoms with Crippen LogP contribution in [0.1, 0.15) is 45.2 Å². The van der Waals surface area contributed by atoms with E-state index in [1.807, 2.05) is 0 Å². The van der Waals surface area contributed by atoms with Gasteiger partial charge in [0.1, 0.15) is 18.3 Å². The molecule has 0 fully saturated rings. The lowest BCUT2D eigenvalue weighted by molar-refractivity contribution is -0.141. The van der Waals surface area contributed by atoms with Gasteiger partial charge in [0.2, 0.25) is 21.8 Å². The molecule has 1 unspecified atom stereocenters. The predicted molar refractivity (Wildman–Crippen MR) is 139 cm³/mol. The monoisotopic (exact) mass is 557 g/mol. The zero-order valence-electron chi connectivity index (χ0n) is 22.3. The van der Waals surface area contributed by atoms with Crippen molar-refractivity contribution < 1.29 is 35.9 Å². The van der Waals surface area contributed by atoms with Crippen molar-refractivity contribution in [1.82, 2.24) is 10.2 Å². The average molecular weight is 558 g/mol. The van der Waals surface area contributed by atoms with Gasteiger partial charge in [0.25, 0.3) is 0 Å². The maximum Gasteiger partial charge on any atom is 0.416 e. The third-order valence-corrected chi connectivity index (χ3v) is 6.65. The number of ether oxygens (including phenoxy) is 1. The Kier molecular flexibility index (Phi) is 9.82. The minimum absolute atomic E-state index is 0.0632. The number of nitrogens with one attached hydrogen (secondary N) is 1. The molecular formula is C26H34F3N3O5S. The van der Waals surface area contributed by atoms with Crippen LogP contribution < -0.4 is 14.4 Å². The number of nitrogens with zero attached hydrogens (tertiary/aromatic N) is 2. The fourth-order valence-corrected chi connectivity index (χ4v) is 4.63. The molecule has 1 atom stereocenters. The summed E-state index contributed by atoms with van der Waals surface area (Å²) < 4.78 is 71.0. The van der Waals surface area contributed by atoms with E-state index in [1.54, 1.807) is 52.0 Å². The number of sulfonamides is 1. The molecule has 0 radical (unpaired) electrons. The Morgan fingerprint density at radius 2 is 1.68 bits per heavy atom. The first kappa shape index (κ1) is 30.9. The van der Waals surface area contributed by atoms with Crippen LogP contribution >= 0.6 is 0 Å². The minimum atomic E-state index is -4.71. The summed E-state index contributed by atoms with van der Waals surface area (Å²) in [6.07, 6.45) is -3.70. The second kappa shape index (κ2) is 12.1. The molecule has 2 aromatic rings. The molecule has 0 spiro atoms. The van der Waals surface area contributed by atoms with Crippen LogP contribution in [0.25, 0.3) is 0 Å². The summed E-state index contributed by atoms with van der Waals surface area (Å²) >= 11 is 0. The highest BCUT2D eigenvalue weighted by Crippen LogP contribution is 2.32. The molecule has 210 valence electrons. The predicted octanol–water partition coefficient (Wildman–Crippen LogP) is 4.20. The standard InChI is InChI=1S/C26H34F3N3O5S/c1-7-22(24(34)30-25(2,3)4)31(16-18-10-8-13-21(14-18)37-5)23(33)17-32(38(6,35)36)20-12-9-11-19(15-20)26(27,28)29/h8-15,22H,7,16-17H2,1-6H3,(H,30,34). The van der Waals surface area contributed by atoms with Crippen molar-refractivity contribution in [2.45, 2.75) is 58.4 Å². The summed E-state index contributed by atoms with van der Waals surface area (Å²) in [4.78, 5) is 28.1. The maximum absolute atomic E-state index is 13.7. The van der Waals surface area contributed by atoms with Gasteiger partial charge in [-0.25, -0.2) is 8.42 Å².